The van der Waals surface area contributed by atoms with Gasteiger partial charge in [0.2, 0.25) is 0 Å². The number of nitrogens with one attached hydrogen (secondary N) is 1. The zero-order chi connectivity index (χ0) is 13.7. The molecule has 0 atom stereocenters. The Morgan fingerprint density at radius 1 is 1.25 bits per heavy atom. The van der Waals surface area contributed by atoms with Crippen LogP contribution in [0.2, 0.25) is 10.0 Å². The molecule has 3 N–H and O–H groups in total. The van der Waals surface area contributed by atoms with Gasteiger partial charge in [-0.25, -0.2) is 0 Å². The van der Waals surface area contributed by atoms with Gasteiger partial charge in [-0.05, 0) is 48.9 Å². The average Bonchev–Trinajstić information content (AvgIpc) is 2.25. The van der Waals surface area contributed by atoms with Gasteiger partial charge in [-0.1, -0.05) is 29.6 Å². The molecular formula is C14H20Cl2IN3. The van der Waals surface area contributed by atoms with E-state index in [1.165, 1.54) is 19.3 Å². The molecule has 6 heteroatoms. The first-order chi connectivity index (χ1) is 9.13. The van der Waals surface area contributed by atoms with E-state index in [2.05, 4.69) is 10.3 Å². The molecule has 1 fully saturated rings. The molecule has 1 aliphatic carbocycles. The van der Waals surface area contributed by atoms with E-state index in [9.17, 15) is 0 Å². The first-order valence-corrected chi connectivity index (χ1v) is 7.38. The van der Waals surface area contributed by atoms with Crippen LogP contribution in [0.4, 0.5) is 0 Å². The minimum Gasteiger partial charge on any atom is -0.370 e. The van der Waals surface area contributed by atoms with Crippen LogP contribution in [0.25, 0.3) is 0 Å². The summed E-state index contributed by atoms with van der Waals surface area (Å²) >= 11 is 11.9. The van der Waals surface area contributed by atoms with Gasteiger partial charge >= 0.3 is 0 Å². The summed E-state index contributed by atoms with van der Waals surface area (Å²) in [6.45, 7) is 1.58. The standard InChI is InChI=1S/C14H19Cl2N3.HI/c15-12-6-11(7-13(16)8-12)4-5-18-14(17)19-9-10-2-1-3-10;/h6-8,10H,1-5,9H2,(H3,17,18,19);1H. The smallest absolute Gasteiger partial charge is 0.188 e. The van der Waals surface area contributed by atoms with Crippen LogP contribution in [-0.2, 0) is 6.42 Å². The molecule has 0 amide bonds. The Kier molecular flexibility index (Phi) is 7.99. The Morgan fingerprint density at radius 2 is 1.90 bits per heavy atom. The second-order valence-corrected chi connectivity index (χ2v) is 5.85. The summed E-state index contributed by atoms with van der Waals surface area (Å²) in [5.74, 6) is 1.27. The predicted molar refractivity (Wildman–Crippen MR) is 97.4 cm³/mol. The molecule has 112 valence electrons. The summed E-state index contributed by atoms with van der Waals surface area (Å²) in [5.41, 5.74) is 6.91. The third kappa shape index (κ3) is 6.06. The van der Waals surface area contributed by atoms with E-state index in [-0.39, 0.29) is 24.0 Å². The monoisotopic (exact) mass is 427 g/mol. The molecule has 1 saturated carbocycles. The molecule has 0 aliphatic heterocycles. The van der Waals surface area contributed by atoms with E-state index >= 15 is 0 Å². The van der Waals surface area contributed by atoms with E-state index in [1.54, 1.807) is 6.07 Å². The number of guanidine groups is 1. The third-order valence-corrected chi connectivity index (χ3v) is 3.82. The molecule has 1 aromatic carbocycles. The number of halogens is 3. The molecule has 1 aromatic rings. The summed E-state index contributed by atoms with van der Waals surface area (Å²) in [6.07, 6.45) is 4.73. The van der Waals surface area contributed by atoms with E-state index < -0.39 is 0 Å². The van der Waals surface area contributed by atoms with Gasteiger partial charge < -0.3 is 11.1 Å². The first-order valence-electron chi connectivity index (χ1n) is 6.62. The molecule has 0 radical (unpaired) electrons. The Hall–Kier alpha value is -0.200. The zero-order valence-electron chi connectivity index (χ0n) is 11.2. The summed E-state index contributed by atoms with van der Waals surface area (Å²) in [7, 11) is 0. The fourth-order valence-corrected chi connectivity index (χ4v) is 2.62. The van der Waals surface area contributed by atoms with E-state index in [1.807, 2.05) is 12.1 Å². The van der Waals surface area contributed by atoms with E-state index in [0.29, 0.717) is 16.0 Å². The molecular weight excluding hydrogens is 408 g/mol. The molecule has 0 spiro atoms. The van der Waals surface area contributed by atoms with Gasteiger partial charge in [0.1, 0.15) is 0 Å². The molecule has 1 aliphatic rings. The zero-order valence-corrected chi connectivity index (χ0v) is 15.1. The molecule has 0 heterocycles. The molecule has 0 unspecified atom stereocenters. The van der Waals surface area contributed by atoms with Crippen molar-refractivity contribution >= 4 is 53.1 Å². The second kappa shape index (κ2) is 8.95. The summed E-state index contributed by atoms with van der Waals surface area (Å²) in [4.78, 5) is 4.34. The molecule has 0 bridgehead atoms. The summed E-state index contributed by atoms with van der Waals surface area (Å²) < 4.78 is 0. The first kappa shape index (κ1) is 17.9. The normalized spacial score (nSPS) is 15.4. The Balaban J connectivity index is 0.00000200. The fourth-order valence-electron chi connectivity index (χ4n) is 2.05. The highest BCUT2D eigenvalue weighted by Crippen LogP contribution is 2.26. The van der Waals surface area contributed by atoms with Crippen molar-refractivity contribution < 1.29 is 0 Å². The lowest BCUT2D eigenvalue weighted by Crippen LogP contribution is -2.34. The van der Waals surface area contributed by atoms with Gasteiger partial charge in [-0.15, -0.1) is 24.0 Å². The lowest BCUT2D eigenvalue weighted by Gasteiger charge is -2.23. The van der Waals surface area contributed by atoms with Crippen LogP contribution in [0.3, 0.4) is 0 Å². The Bertz CT molecular complexity index is 441. The van der Waals surface area contributed by atoms with Gasteiger partial charge in [0.05, 0.1) is 0 Å². The van der Waals surface area contributed by atoms with Crippen molar-refractivity contribution in [2.75, 3.05) is 13.1 Å². The van der Waals surface area contributed by atoms with E-state index in [0.717, 1.165) is 31.0 Å². The molecule has 3 nitrogen and oxygen atoms in total. The third-order valence-electron chi connectivity index (χ3n) is 3.39. The van der Waals surface area contributed by atoms with Crippen LogP contribution in [0.15, 0.2) is 23.2 Å². The molecule has 2 rings (SSSR count). The lowest BCUT2D eigenvalue weighted by molar-refractivity contribution is 0.326. The maximum atomic E-state index is 5.95. The van der Waals surface area contributed by atoms with Crippen molar-refractivity contribution in [1.29, 1.82) is 0 Å². The van der Waals surface area contributed by atoms with Crippen LogP contribution < -0.4 is 11.1 Å². The van der Waals surface area contributed by atoms with Crippen molar-refractivity contribution in [2.45, 2.75) is 25.7 Å². The van der Waals surface area contributed by atoms with Crippen LogP contribution in [0.5, 0.6) is 0 Å². The van der Waals surface area contributed by atoms with Crippen LogP contribution >= 0.6 is 47.2 Å². The van der Waals surface area contributed by atoms with Gasteiger partial charge in [0.15, 0.2) is 5.96 Å². The van der Waals surface area contributed by atoms with Crippen molar-refractivity contribution in [3.8, 4) is 0 Å². The lowest BCUT2D eigenvalue weighted by atomic mass is 9.86. The maximum absolute atomic E-state index is 5.95. The summed E-state index contributed by atoms with van der Waals surface area (Å²) in [5, 5.41) is 4.44. The average molecular weight is 428 g/mol. The Labute approximate surface area is 147 Å². The van der Waals surface area contributed by atoms with Gasteiger partial charge in [0, 0.05) is 23.1 Å². The van der Waals surface area contributed by atoms with Gasteiger partial charge in [0.25, 0.3) is 0 Å². The molecule has 0 saturated heterocycles. The van der Waals surface area contributed by atoms with Crippen LogP contribution in [0.1, 0.15) is 24.8 Å². The number of hydrogen-bond donors (Lipinski definition) is 2. The minimum absolute atomic E-state index is 0. The number of nitrogens with zero attached hydrogens (tertiary/aromatic N) is 1. The number of rotatable bonds is 5. The number of nitrogens with two attached hydrogens (primary N) is 1. The van der Waals surface area contributed by atoms with Crippen LogP contribution in [0, 0.1) is 5.92 Å². The fraction of sp³-hybridized carbons (Fsp3) is 0.500. The quantitative estimate of drug-likeness (QED) is 0.425. The molecule has 20 heavy (non-hydrogen) atoms. The van der Waals surface area contributed by atoms with Crippen molar-refractivity contribution in [3.63, 3.8) is 0 Å². The highest BCUT2D eigenvalue weighted by molar-refractivity contribution is 14.0. The van der Waals surface area contributed by atoms with Crippen LogP contribution in [-0.4, -0.2) is 19.0 Å². The SMILES string of the molecule is I.NC(=NCC1CCC1)NCCc1cc(Cl)cc(Cl)c1. The Morgan fingerprint density at radius 3 is 2.45 bits per heavy atom. The van der Waals surface area contributed by atoms with Gasteiger partial charge in [-0.2, -0.15) is 0 Å². The minimum atomic E-state index is 0. The number of benzene rings is 1. The van der Waals surface area contributed by atoms with E-state index in [4.69, 9.17) is 28.9 Å². The topological polar surface area (TPSA) is 50.4 Å². The highest BCUT2D eigenvalue weighted by Gasteiger charge is 2.16. The second-order valence-electron chi connectivity index (χ2n) is 4.98. The predicted octanol–water partition coefficient (Wildman–Crippen LogP) is 3.86. The molecule has 0 aromatic heterocycles. The van der Waals surface area contributed by atoms with Crippen molar-refractivity contribution in [3.05, 3.63) is 33.8 Å². The highest BCUT2D eigenvalue weighted by atomic mass is 127. The maximum Gasteiger partial charge on any atom is 0.188 e. The largest absolute Gasteiger partial charge is 0.370 e. The number of aliphatic imine (C=N–C) groups is 1. The number of hydrogen-bond acceptors (Lipinski definition) is 1. The summed E-state index contributed by atoms with van der Waals surface area (Å²) in [6, 6.07) is 5.56. The van der Waals surface area contributed by atoms with Crippen molar-refractivity contribution in [1.82, 2.24) is 5.32 Å². The van der Waals surface area contributed by atoms with Crippen molar-refractivity contribution in [2.24, 2.45) is 16.6 Å². The van der Waals surface area contributed by atoms with Gasteiger partial charge in [-0.3, -0.25) is 4.99 Å².